The maximum absolute atomic E-state index is 12.8. The molecule has 0 spiro atoms. The molecule has 1 heterocycles. The van der Waals surface area contributed by atoms with Gasteiger partial charge in [0, 0.05) is 13.1 Å². The first-order chi connectivity index (χ1) is 16.7. The summed E-state index contributed by atoms with van der Waals surface area (Å²) >= 11 is 0. The number of ether oxygens (including phenoxy) is 2. The van der Waals surface area contributed by atoms with E-state index in [1.165, 1.54) is 0 Å². The molecule has 0 aromatic heterocycles. The molecule has 0 fully saturated rings. The van der Waals surface area contributed by atoms with Gasteiger partial charge in [0.15, 0.2) is 0 Å². The second kappa shape index (κ2) is 11.9. The van der Waals surface area contributed by atoms with Crippen molar-refractivity contribution in [3.63, 3.8) is 0 Å². The molecule has 0 saturated heterocycles. The Hall–Kier alpha value is -3.30. The molecular formula is C26H35N5O4. The zero-order valence-corrected chi connectivity index (χ0v) is 20.9. The molecule has 1 aromatic rings. The van der Waals surface area contributed by atoms with E-state index in [1.807, 2.05) is 62.4 Å². The minimum atomic E-state index is -1.08. The van der Waals surface area contributed by atoms with Gasteiger partial charge in [0.1, 0.15) is 6.61 Å². The van der Waals surface area contributed by atoms with Crippen molar-refractivity contribution in [1.29, 1.82) is 0 Å². The third-order valence-electron chi connectivity index (χ3n) is 5.85. The Morgan fingerprint density at radius 1 is 1.14 bits per heavy atom. The summed E-state index contributed by atoms with van der Waals surface area (Å²) in [4.78, 5) is 26.8. The molecular weight excluding hydrogens is 446 g/mol. The monoisotopic (exact) mass is 481 g/mol. The molecule has 0 bridgehead atoms. The maximum atomic E-state index is 12.8. The molecule has 188 valence electrons. The molecule has 9 nitrogen and oxygen atoms in total. The first kappa shape index (κ1) is 26.3. The molecule has 9 heteroatoms. The van der Waals surface area contributed by atoms with Crippen molar-refractivity contribution < 1.29 is 19.1 Å². The van der Waals surface area contributed by atoms with Crippen molar-refractivity contribution in [2.45, 2.75) is 45.9 Å². The number of amides is 2. The number of carbonyl (C=O) groups is 2. The Morgan fingerprint density at radius 2 is 1.86 bits per heavy atom. The Bertz CT molecular complexity index is 1020. The summed E-state index contributed by atoms with van der Waals surface area (Å²) in [6.07, 6.45) is 5.25. The molecule has 2 atom stereocenters. The number of rotatable bonds is 11. The normalized spacial score (nSPS) is 17.6. The third-order valence-corrected chi connectivity index (χ3v) is 5.85. The molecule has 0 saturated carbocycles. The molecule has 1 aliphatic heterocycles. The van der Waals surface area contributed by atoms with Gasteiger partial charge in [0.05, 0.1) is 42.1 Å². The molecule has 2 amide bonds. The van der Waals surface area contributed by atoms with Crippen LogP contribution in [0.4, 0.5) is 4.79 Å². The van der Waals surface area contributed by atoms with Crippen LogP contribution in [0.1, 0.15) is 33.3 Å². The lowest BCUT2D eigenvalue weighted by molar-refractivity contribution is -0.125. The molecule has 2 aliphatic rings. The summed E-state index contributed by atoms with van der Waals surface area (Å²) in [5, 5.41) is 11.7. The van der Waals surface area contributed by atoms with Gasteiger partial charge >= 0.3 is 6.09 Å². The van der Waals surface area contributed by atoms with Gasteiger partial charge in [-0.2, -0.15) is 10.2 Å². The van der Waals surface area contributed by atoms with E-state index in [0.29, 0.717) is 25.4 Å². The number of fused-ring (bicyclic) bond motifs is 1. The fraction of sp³-hybridized carbons (Fsp3) is 0.462. The van der Waals surface area contributed by atoms with Crippen molar-refractivity contribution >= 4 is 23.4 Å². The van der Waals surface area contributed by atoms with Crippen LogP contribution in [0.15, 0.2) is 64.3 Å². The van der Waals surface area contributed by atoms with E-state index in [9.17, 15) is 9.59 Å². The first-order valence-corrected chi connectivity index (χ1v) is 11.9. The van der Waals surface area contributed by atoms with Crippen molar-refractivity contribution in [2.24, 2.45) is 21.9 Å². The SMILES string of the molecule is CCN(CC)C(=O)OCC1=CC=CC2=NN=C([C@@H](COCc3ccccc3)NC(=O)C(C)(C)N)C12. The van der Waals surface area contributed by atoms with Crippen LogP contribution in [0.2, 0.25) is 0 Å². The minimum absolute atomic E-state index is 0.0936. The van der Waals surface area contributed by atoms with E-state index in [-0.39, 0.29) is 31.1 Å². The van der Waals surface area contributed by atoms with Crippen molar-refractivity contribution in [2.75, 3.05) is 26.3 Å². The van der Waals surface area contributed by atoms with Crippen LogP contribution in [0, 0.1) is 5.92 Å². The van der Waals surface area contributed by atoms with Crippen LogP contribution in [-0.2, 0) is 20.9 Å². The van der Waals surface area contributed by atoms with Gasteiger partial charge in [-0.1, -0.05) is 42.5 Å². The molecule has 3 rings (SSSR count). The maximum Gasteiger partial charge on any atom is 0.410 e. The molecule has 3 N–H and O–H groups in total. The fourth-order valence-electron chi connectivity index (χ4n) is 3.79. The fourth-order valence-corrected chi connectivity index (χ4v) is 3.79. The zero-order valence-electron chi connectivity index (χ0n) is 20.9. The standard InChI is InChI=1S/C26H35N5O4/c1-5-31(6-2)25(33)35-16-19-13-10-14-20-22(19)23(30-29-20)21(28-24(32)26(3,4)27)17-34-15-18-11-8-7-9-12-18/h7-14,21-22H,5-6,15-17,27H2,1-4H3,(H,28,32)/t21-,22?/m1/s1. The van der Waals surface area contributed by atoms with Crippen LogP contribution in [0.25, 0.3) is 0 Å². The highest BCUT2D eigenvalue weighted by atomic mass is 16.6. The average Bonchev–Trinajstić information content (AvgIpc) is 3.27. The second-order valence-corrected chi connectivity index (χ2v) is 9.06. The minimum Gasteiger partial charge on any atom is -0.445 e. The highest BCUT2D eigenvalue weighted by molar-refractivity contribution is 6.20. The summed E-state index contributed by atoms with van der Waals surface area (Å²) in [6.45, 7) is 8.89. The second-order valence-electron chi connectivity index (χ2n) is 9.06. The van der Waals surface area contributed by atoms with Crippen molar-refractivity contribution in [3.8, 4) is 0 Å². The Labute approximate surface area is 206 Å². The first-order valence-electron chi connectivity index (χ1n) is 11.9. The van der Waals surface area contributed by atoms with Crippen LogP contribution < -0.4 is 11.1 Å². The lowest BCUT2D eigenvalue weighted by Crippen LogP contribution is -2.56. The van der Waals surface area contributed by atoms with Gasteiger partial charge < -0.3 is 25.4 Å². The van der Waals surface area contributed by atoms with Gasteiger partial charge in [-0.3, -0.25) is 4.79 Å². The number of hydrogen-bond donors (Lipinski definition) is 2. The van der Waals surface area contributed by atoms with Crippen LogP contribution in [-0.4, -0.2) is 66.2 Å². The number of hydrogen-bond acceptors (Lipinski definition) is 7. The van der Waals surface area contributed by atoms with Crippen LogP contribution >= 0.6 is 0 Å². The molecule has 1 aliphatic carbocycles. The van der Waals surface area contributed by atoms with E-state index in [1.54, 1.807) is 18.7 Å². The lowest BCUT2D eigenvalue weighted by Gasteiger charge is -2.29. The van der Waals surface area contributed by atoms with E-state index < -0.39 is 11.6 Å². The summed E-state index contributed by atoms with van der Waals surface area (Å²) in [6, 6.07) is 9.22. The van der Waals surface area contributed by atoms with Gasteiger partial charge in [-0.15, -0.1) is 0 Å². The summed E-state index contributed by atoms with van der Waals surface area (Å²) in [7, 11) is 0. The highest BCUT2D eigenvalue weighted by Gasteiger charge is 2.38. The summed E-state index contributed by atoms with van der Waals surface area (Å²) < 4.78 is 11.5. The summed E-state index contributed by atoms with van der Waals surface area (Å²) in [5.41, 5.74) is 8.16. The van der Waals surface area contributed by atoms with Gasteiger partial charge in [-0.05, 0) is 44.9 Å². The van der Waals surface area contributed by atoms with Gasteiger partial charge in [-0.25, -0.2) is 4.79 Å². The average molecular weight is 482 g/mol. The lowest BCUT2D eigenvalue weighted by atomic mass is 9.83. The number of allylic oxidation sites excluding steroid dienone is 3. The predicted octanol–water partition coefficient (Wildman–Crippen LogP) is 2.83. The Balaban J connectivity index is 1.75. The number of nitrogens with zero attached hydrogens (tertiary/aromatic N) is 3. The van der Waals surface area contributed by atoms with E-state index >= 15 is 0 Å². The van der Waals surface area contributed by atoms with Crippen LogP contribution in [0.3, 0.4) is 0 Å². The van der Waals surface area contributed by atoms with E-state index in [0.717, 1.165) is 16.8 Å². The number of benzene rings is 1. The predicted molar refractivity (Wildman–Crippen MR) is 136 cm³/mol. The molecule has 1 aromatic carbocycles. The number of carbonyl (C=O) groups excluding carboxylic acids is 2. The molecule has 1 unspecified atom stereocenters. The summed E-state index contributed by atoms with van der Waals surface area (Å²) in [5.74, 6) is -0.650. The van der Waals surface area contributed by atoms with E-state index in [4.69, 9.17) is 15.2 Å². The number of nitrogens with one attached hydrogen (secondary N) is 1. The van der Waals surface area contributed by atoms with Crippen LogP contribution in [0.5, 0.6) is 0 Å². The number of nitrogens with two attached hydrogens (primary N) is 1. The molecule has 35 heavy (non-hydrogen) atoms. The van der Waals surface area contributed by atoms with Crippen molar-refractivity contribution in [3.05, 3.63) is 59.7 Å². The van der Waals surface area contributed by atoms with Crippen molar-refractivity contribution in [1.82, 2.24) is 10.2 Å². The van der Waals surface area contributed by atoms with E-state index in [2.05, 4.69) is 15.5 Å². The Morgan fingerprint density at radius 3 is 2.51 bits per heavy atom. The molecule has 0 radical (unpaired) electrons. The van der Waals surface area contributed by atoms with Gasteiger partial charge in [0.25, 0.3) is 0 Å². The highest BCUT2D eigenvalue weighted by Crippen LogP contribution is 2.27. The third kappa shape index (κ3) is 6.86. The quantitative estimate of drug-likeness (QED) is 0.504. The largest absolute Gasteiger partial charge is 0.445 e. The zero-order chi connectivity index (χ0) is 25.4. The smallest absolute Gasteiger partial charge is 0.410 e. The topological polar surface area (TPSA) is 119 Å². The Kier molecular flexibility index (Phi) is 8.95. The van der Waals surface area contributed by atoms with Gasteiger partial charge in [0.2, 0.25) is 5.91 Å².